The van der Waals surface area contributed by atoms with Gasteiger partial charge >= 0.3 is 0 Å². The topological polar surface area (TPSA) is 88.9 Å². The number of benzene rings is 2. The van der Waals surface area contributed by atoms with Crippen molar-refractivity contribution in [3.8, 4) is 5.75 Å². The predicted molar refractivity (Wildman–Crippen MR) is 146 cm³/mol. The lowest BCUT2D eigenvalue weighted by molar-refractivity contribution is 0.163. The number of aryl methyl sites for hydroxylation is 1. The molecule has 0 radical (unpaired) electrons. The molecule has 0 aliphatic heterocycles. The summed E-state index contributed by atoms with van der Waals surface area (Å²) >= 11 is 1.71. The summed E-state index contributed by atoms with van der Waals surface area (Å²) in [5.74, 6) is 1.59. The van der Waals surface area contributed by atoms with Crippen molar-refractivity contribution in [2.24, 2.45) is 0 Å². The van der Waals surface area contributed by atoms with Crippen LogP contribution in [0.5, 0.6) is 5.75 Å². The molecule has 37 heavy (non-hydrogen) atoms. The van der Waals surface area contributed by atoms with Crippen LogP contribution in [-0.2, 0) is 19.6 Å². The molecule has 3 heterocycles. The van der Waals surface area contributed by atoms with Gasteiger partial charge in [0.1, 0.15) is 5.75 Å². The van der Waals surface area contributed by atoms with Crippen molar-refractivity contribution in [2.75, 3.05) is 7.11 Å². The van der Waals surface area contributed by atoms with Crippen molar-refractivity contribution in [1.29, 1.82) is 0 Å². The third kappa shape index (κ3) is 5.63. The van der Waals surface area contributed by atoms with Crippen LogP contribution < -0.4 is 10.3 Å². The molecule has 0 aliphatic carbocycles. The molecule has 0 aliphatic rings. The van der Waals surface area contributed by atoms with Crippen molar-refractivity contribution >= 4 is 22.2 Å². The fraction of sp³-hybridized carbons (Fsp3) is 0.286. The highest BCUT2D eigenvalue weighted by atomic mass is 32.1. The van der Waals surface area contributed by atoms with E-state index in [-0.39, 0.29) is 11.6 Å². The Morgan fingerprint density at radius 2 is 1.95 bits per heavy atom. The summed E-state index contributed by atoms with van der Waals surface area (Å²) in [6.45, 7) is 5.91. The SMILES string of the molecule is CC[C@H](c1nnnn1Cc1ccc(OC)cc1)N(Cc1cccs1)Cc1cc2cc(C)ccc2[nH]c1=O. The molecule has 0 unspecified atom stereocenters. The summed E-state index contributed by atoms with van der Waals surface area (Å²) in [4.78, 5) is 19.7. The molecule has 5 rings (SSSR count). The lowest BCUT2D eigenvalue weighted by Gasteiger charge is -2.30. The number of fused-ring (bicyclic) bond motifs is 1. The standard InChI is InChI=1S/C28H30N6O2S/c1-4-26(27-30-31-32-34(27)16-20-8-10-23(36-3)11-9-20)33(18-24-6-5-13-37-24)17-22-15-21-14-19(2)7-12-25(21)29-28(22)35/h5-15,26H,4,16-18H2,1-3H3,(H,29,35)/t26-/m1/s1. The van der Waals surface area contributed by atoms with Crippen LogP contribution in [0.2, 0.25) is 0 Å². The van der Waals surface area contributed by atoms with Gasteiger partial charge in [-0.05, 0) is 76.5 Å². The van der Waals surface area contributed by atoms with E-state index in [4.69, 9.17) is 4.74 Å². The third-order valence-electron chi connectivity index (χ3n) is 6.57. The number of methoxy groups -OCH3 is 1. The van der Waals surface area contributed by atoms with E-state index in [2.05, 4.69) is 62.8 Å². The molecule has 0 spiro atoms. The van der Waals surface area contributed by atoms with E-state index in [0.717, 1.165) is 45.6 Å². The number of H-pyrrole nitrogens is 1. The van der Waals surface area contributed by atoms with E-state index in [9.17, 15) is 4.79 Å². The van der Waals surface area contributed by atoms with E-state index in [1.165, 1.54) is 4.88 Å². The first kappa shape index (κ1) is 24.9. The molecule has 2 aromatic carbocycles. The Bertz CT molecular complexity index is 1520. The summed E-state index contributed by atoms with van der Waals surface area (Å²) in [6.07, 6.45) is 0.791. The van der Waals surface area contributed by atoms with E-state index in [1.807, 2.05) is 47.1 Å². The molecule has 9 heteroatoms. The normalized spacial score (nSPS) is 12.3. The minimum Gasteiger partial charge on any atom is -0.497 e. The van der Waals surface area contributed by atoms with Crippen LogP contribution in [0, 0.1) is 6.92 Å². The van der Waals surface area contributed by atoms with Crippen molar-refractivity contribution in [2.45, 2.75) is 45.9 Å². The Kier molecular flexibility index (Phi) is 7.43. The highest BCUT2D eigenvalue weighted by Gasteiger charge is 2.26. The maximum atomic E-state index is 13.1. The highest BCUT2D eigenvalue weighted by molar-refractivity contribution is 7.09. The summed E-state index contributed by atoms with van der Waals surface area (Å²) < 4.78 is 7.14. The Hall–Kier alpha value is -3.82. The van der Waals surface area contributed by atoms with E-state index in [1.54, 1.807) is 18.4 Å². The highest BCUT2D eigenvalue weighted by Crippen LogP contribution is 2.28. The Balaban J connectivity index is 1.48. The van der Waals surface area contributed by atoms with Crippen LogP contribution >= 0.6 is 11.3 Å². The zero-order valence-corrected chi connectivity index (χ0v) is 22.0. The monoisotopic (exact) mass is 514 g/mol. The molecule has 3 aromatic heterocycles. The number of thiophene rings is 1. The van der Waals surface area contributed by atoms with Gasteiger partial charge in [-0.3, -0.25) is 9.69 Å². The van der Waals surface area contributed by atoms with Gasteiger partial charge in [0.05, 0.1) is 19.7 Å². The second kappa shape index (κ2) is 11.1. The first-order valence-corrected chi connectivity index (χ1v) is 13.2. The number of aromatic amines is 1. The maximum Gasteiger partial charge on any atom is 0.252 e. The van der Waals surface area contributed by atoms with Gasteiger partial charge in [-0.15, -0.1) is 16.4 Å². The lowest BCUT2D eigenvalue weighted by atomic mass is 10.1. The smallest absolute Gasteiger partial charge is 0.252 e. The Morgan fingerprint density at radius 3 is 2.68 bits per heavy atom. The molecular weight excluding hydrogens is 484 g/mol. The molecule has 0 amide bonds. The van der Waals surface area contributed by atoms with Gasteiger partial charge < -0.3 is 9.72 Å². The summed E-state index contributed by atoms with van der Waals surface area (Å²) in [7, 11) is 1.66. The van der Waals surface area contributed by atoms with Crippen LogP contribution in [0.1, 0.15) is 46.8 Å². The van der Waals surface area contributed by atoms with Crippen LogP contribution in [0.25, 0.3) is 10.9 Å². The number of nitrogens with one attached hydrogen (secondary N) is 1. The average Bonchev–Trinajstić information content (AvgIpc) is 3.58. The summed E-state index contributed by atoms with van der Waals surface area (Å²) in [5, 5.41) is 15.9. The first-order valence-electron chi connectivity index (χ1n) is 12.3. The minimum atomic E-state index is -0.0806. The fourth-order valence-electron chi connectivity index (χ4n) is 4.66. The average molecular weight is 515 g/mol. The fourth-order valence-corrected chi connectivity index (χ4v) is 5.39. The van der Waals surface area contributed by atoms with Gasteiger partial charge in [0.25, 0.3) is 5.56 Å². The summed E-state index contributed by atoms with van der Waals surface area (Å²) in [5.41, 5.74) is 3.74. The molecule has 1 atom stereocenters. The zero-order valence-electron chi connectivity index (χ0n) is 21.2. The van der Waals surface area contributed by atoms with E-state index in [0.29, 0.717) is 19.6 Å². The molecule has 5 aromatic rings. The molecule has 190 valence electrons. The van der Waals surface area contributed by atoms with Gasteiger partial charge in [0, 0.05) is 29.0 Å². The molecule has 0 fully saturated rings. The zero-order chi connectivity index (χ0) is 25.8. The van der Waals surface area contributed by atoms with Gasteiger partial charge in [0.2, 0.25) is 0 Å². The molecule has 0 saturated heterocycles. The van der Waals surface area contributed by atoms with Crippen molar-refractivity contribution in [1.82, 2.24) is 30.1 Å². The number of rotatable bonds is 10. The quantitative estimate of drug-likeness (QED) is 0.279. The van der Waals surface area contributed by atoms with E-state index >= 15 is 0 Å². The Labute approximate surface area is 219 Å². The van der Waals surface area contributed by atoms with Gasteiger partial charge in [0.15, 0.2) is 5.82 Å². The maximum absolute atomic E-state index is 13.1. The van der Waals surface area contributed by atoms with Gasteiger partial charge in [-0.1, -0.05) is 36.8 Å². The number of aromatic nitrogens is 5. The lowest BCUT2D eigenvalue weighted by Crippen LogP contribution is -2.32. The van der Waals surface area contributed by atoms with Crippen LogP contribution in [-0.4, -0.2) is 37.2 Å². The molecule has 8 nitrogen and oxygen atoms in total. The largest absolute Gasteiger partial charge is 0.497 e. The molecular formula is C28H30N6O2S. The van der Waals surface area contributed by atoms with Crippen LogP contribution in [0.15, 0.2) is 70.8 Å². The van der Waals surface area contributed by atoms with Crippen LogP contribution in [0.4, 0.5) is 0 Å². The predicted octanol–water partition coefficient (Wildman–Crippen LogP) is 5.09. The molecule has 1 N–H and O–H groups in total. The van der Waals surface area contributed by atoms with Crippen molar-refractivity contribution in [3.05, 3.63) is 104 Å². The second-order valence-electron chi connectivity index (χ2n) is 9.17. The number of nitrogens with zero attached hydrogens (tertiary/aromatic N) is 5. The second-order valence-corrected chi connectivity index (χ2v) is 10.2. The number of tetrazole rings is 1. The van der Waals surface area contributed by atoms with E-state index < -0.39 is 0 Å². The van der Waals surface area contributed by atoms with Crippen molar-refractivity contribution in [3.63, 3.8) is 0 Å². The van der Waals surface area contributed by atoms with Gasteiger partial charge in [-0.25, -0.2) is 4.68 Å². The third-order valence-corrected chi connectivity index (χ3v) is 7.43. The van der Waals surface area contributed by atoms with Gasteiger partial charge in [-0.2, -0.15) is 0 Å². The first-order chi connectivity index (χ1) is 18.0. The molecule has 0 bridgehead atoms. The number of pyridine rings is 1. The number of hydrogen-bond donors (Lipinski definition) is 1. The summed E-state index contributed by atoms with van der Waals surface area (Å²) in [6, 6.07) is 20.1. The Morgan fingerprint density at radius 1 is 1.11 bits per heavy atom. The van der Waals surface area contributed by atoms with Crippen molar-refractivity contribution < 1.29 is 4.74 Å². The number of ether oxygens (including phenoxy) is 1. The molecule has 0 saturated carbocycles. The minimum absolute atomic E-state index is 0.0692. The van der Waals surface area contributed by atoms with Crippen LogP contribution in [0.3, 0.4) is 0 Å². The number of hydrogen-bond acceptors (Lipinski definition) is 7.